The summed E-state index contributed by atoms with van der Waals surface area (Å²) in [5.74, 6) is -3.37. The molecule has 0 bridgehead atoms. The Morgan fingerprint density at radius 2 is 1.80 bits per heavy atom. The number of nitrogens with zero attached hydrogens (tertiary/aromatic N) is 3. The van der Waals surface area contributed by atoms with E-state index in [0.717, 1.165) is 9.47 Å². The number of carboxylic acids is 1. The van der Waals surface area contributed by atoms with Crippen LogP contribution in [0.3, 0.4) is 0 Å². The molecule has 0 spiro atoms. The molecule has 30 heavy (non-hydrogen) atoms. The lowest BCUT2D eigenvalue weighted by molar-refractivity contribution is -0.150. The van der Waals surface area contributed by atoms with Crippen LogP contribution in [0.4, 0.5) is 13.2 Å². The molecule has 0 radical (unpaired) electrons. The molecule has 3 aromatic rings. The van der Waals surface area contributed by atoms with E-state index >= 15 is 0 Å². The zero-order chi connectivity index (χ0) is 22.1. The topological polar surface area (TPSA) is 75.4 Å². The Morgan fingerprint density at radius 1 is 1.10 bits per heavy atom. The average Bonchev–Trinajstić information content (AvgIpc) is 3.03. The molecule has 3 rings (SSSR count). The number of carboxylic acid groups (broad SMARTS) is 1. The van der Waals surface area contributed by atoms with Crippen LogP contribution in [-0.4, -0.2) is 38.0 Å². The summed E-state index contributed by atoms with van der Waals surface area (Å²) in [4.78, 5) is 28.5. The van der Waals surface area contributed by atoms with Gasteiger partial charge in [0, 0.05) is 6.54 Å². The van der Waals surface area contributed by atoms with Gasteiger partial charge in [-0.05, 0) is 29.8 Å². The average molecular weight is 460 g/mol. The van der Waals surface area contributed by atoms with Gasteiger partial charge in [0.05, 0.1) is 21.1 Å². The highest BCUT2D eigenvalue weighted by Gasteiger charge is 2.38. The third-order valence-corrected chi connectivity index (χ3v) is 4.98. The summed E-state index contributed by atoms with van der Waals surface area (Å²) in [5.41, 5.74) is 0.667. The quantitative estimate of drug-likeness (QED) is 0.589. The van der Waals surface area contributed by atoms with Crippen molar-refractivity contribution in [2.45, 2.75) is 19.3 Å². The zero-order valence-corrected chi connectivity index (χ0v) is 16.7. The van der Waals surface area contributed by atoms with Crippen LogP contribution in [0.1, 0.15) is 11.4 Å². The summed E-state index contributed by atoms with van der Waals surface area (Å²) in [6.45, 7) is -1.60. The summed E-state index contributed by atoms with van der Waals surface area (Å²) < 4.78 is 41.1. The summed E-state index contributed by atoms with van der Waals surface area (Å²) in [6, 6.07) is 10.3. The second-order valence-corrected chi connectivity index (χ2v) is 7.21. The number of halogens is 5. The number of benzene rings is 2. The minimum Gasteiger partial charge on any atom is -0.480 e. The molecule has 0 saturated carbocycles. The number of fused-ring (bicyclic) bond motifs is 1. The van der Waals surface area contributed by atoms with Crippen molar-refractivity contribution in [1.29, 1.82) is 0 Å². The van der Waals surface area contributed by atoms with E-state index in [1.807, 2.05) is 0 Å². The van der Waals surface area contributed by atoms with E-state index in [1.54, 1.807) is 6.07 Å². The first-order valence-corrected chi connectivity index (χ1v) is 9.28. The van der Waals surface area contributed by atoms with Crippen molar-refractivity contribution < 1.29 is 27.9 Å². The number of hydrogen-bond acceptors (Lipinski definition) is 3. The van der Waals surface area contributed by atoms with Crippen LogP contribution in [0.2, 0.25) is 10.0 Å². The molecule has 1 aromatic heterocycles. The number of hydrogen-bond donors (Lipinski definition) is 1. The fourth-order valence-electron chi connectivity index (χ4n) is 2.94. The zero-order valence-electron chi connectivity index (χ0n) is 15.2. The molecule has 0 aliphatic heterocycles. The van der Waals surface area contributed by atoms with Gasteiger partial charge in [0.15, 0.2) is 0 Å². The third kappa shape index (κ3) is 4.85. The Balaban J connectivity index is 1.94. The molecular formula is C19H14Cl2F3N3O3. The molecule has 0 aliphatic carbocycles. The third-order valence-electron chi connectivity index (χ3n) is 4.24. The van der Waals surface area contributed by atoms with Crippen molar-refractivity contribution in [2.75, 3.05) is 6.54 Å². The SMILES string of the molecule is O=C(O)CN(Cc1ccc(Cl)c(Cl)c1)C(=O)Cn1c(C(F)(F)F)nc2ccccc21. The highest BCUT2D eigenvalue weighted by molar-refractivity contribution is 6.42. The summed E-state index contributed by atoms with van der Waals surface area (Å²) in [5, 5.41) is 9.63. The van der Waals surface area contributed by atoms with E-state index in [9.17, 15) is 22.8 Å². The fourth-order valence-corrected chi connectivity index (χ4v) is 3.26. The second kappa shape index (κ2) is 8.53. The molecule has 2 aromatic carbocycles. The lowest BCUT2D eigenvalue weighted by atomic mass is 10.2. The molecular weight excluding hydrogens is 446 g/mol. The predicted octanol–water partition coefficient (Wildman–Crippen LogP) is 4.48. The molecule has 1 heterocycles. The molecule has 0 aliphatic rings. The van der Waals surface area contributed by atoms with Gasteiger partial charge in [-0.25, -0.2) is 4.98 Å². The Morgan fingerprint density at radius 3 is 2.43 bits per heavy atom. The van der Waals surface area contributed by atoms with Crippen molar-refractivity contribution in [3.05, 3.63) is 63.9 Å². The van der Waals surface area contributed by atoms with Gasteiger partial charge in [0.25, 0.3) is 0 Å². The van der Waals surface area contributed by atoms with E-state index < -0.39 is 37.0 Å². The number of carbonyl (C=O) groups is 2. The van der Waals surface area contributed by atoms with Crippen LogP contribution in [-0.2, 0) is 28.9 Å². The van der Waals surface area contributed by atoms with Crippen LogP contribution in [0.5, 0.6) is 0 Å². The van der Waals surface area contributed by atoms with Crippen molar-refractivity contribution in [1.82, 2.24) is 14.5 Å². The second-order valence-electron chi connectivity index (χ2n) is 6.40. The molecule has 1 N–H and O–H groups in total. The van der Waals surface area contributed by atoms with Gasteiger partial charge < -0.3 is 14.6 Å². The van der Waals surface area contributed by atoms with Crippen molar-refractivity contribution in [3.8, 4) is 0 Å². The monoisotopic (exact) mass is 459 g/mol. The standard InChI is InChI=1S/C19H14Cl2F3N3O3/c20-12-6-5-11(7-13(12)21)8-26(10-17(29)30)16(28)9-27-15-4-2-1-3-14(15)25-18(27)19(22,23)24/h1-7H,8-10H2,(H,29,30). The molecule has 0 saturated heterocycles. The van der Waals surface area contributed by atoms with Crippen molar-refractivity contribution >= 4 is 46.1 Å². The maximum absolute atomic E-state index is 13.4. The van der Waals surface area contributed by atoms with Gasteiger partial charge in [0.1, 0.15) is 13.1 Å². The number of aliphatic carboxylic acids is 1. The number of alkyl halides is 3. The van der Waals surface area contributed by atoms with Gasteiger partial charge >= 0.3 is 12.1 Å². The van der Waals surface area contributed by atoms with Gasteiger partial charge in [-0.2, -0.15) is 13.2 Å². The van der Waals surface area contributed by atoms with Crippen molar-refractivity contribution in [2.24, 2.45) is 0 Å². The minimum absolute atomic E-state index is 0.0758. The number of imidazole rings is 1. The lowest BCUT2D eigenvalue weighted by Gasteiger charge is -2.22. The van der Waals surface area contributed by atoms with E-state index in [4.69, 9.17) is 28.3 Å². The smallest absolute Gasteiger partial charge is 0.449 e. The normalized spacial score (nSPS) is 11.6. The first-order valence-electron chi connectivity index (χ1n) is 8.52. The van der Waals surface area contributed by atoms with Gasteiger partial charge in [0.2, 0.25) is 11.7 Å². The summed E-state index contributed by atoms with van der Waals surface area (Å²) >= 11 is 11.8. The van der Waals surface area contributed by atoms with E-state index in [2.05, 4.69) is 4.98 Å². The Labute approximate surface area is 178 Å². The van der Waals surface area contributed by atoms with E-state index in [-0.39, 0.29) is 27.6 Å². The van der Waals surface area contributed by atoms with Crippen LogP contribution < -0.4 is 0 Å². The highest BCUT2D eigenvalue weighted by Crippen LogP contribution is 2.31. The Hall–Kier alpha value is -2.78. The molecule has 158 valence electrons. The predicted molar refractivity (Wildman–Crippen MR) is 104 cm³/mol. The Bertz CT molecular complexity index is 1120. The van der Waals surface area contributed by atoms with Crippen LogP contribution >= 0.6 is 23.2 Å². The molecule has 0 fully saturated rings. The highest BCUT2D eigenvalue weighted by atomic mass is 35.5. The van der Waals surface area contributed by atoms with E-state index in [1.165, 1.54) is 36.4 Å². The molecule has 11 heteroatoms. The van der Waals surface area contributed by atoms with Crippen molar-refractivity contribution in [3.63, 3.8) is 0 Å². The largest absolute Gasteiger partial charge is 0.480 e. The van der Waals surface area contributed by atoms with Crippen LogP contribution in [0, 0.1) is 0 Å². The summed E-state index contributed by atoms with van der Waals surface area (Å²) in [6.07, 6.45) is -4.79. The van der Waals surface area contributed by atoms with Crippen LogP contribution in [0.15, 0.2) is 42.5 Å². The van der Waals surface area contributed by atoms with Gasteiger partial charge in [-0.1, -0.05) is 41.4 Å². The number of carbonyl (C=O) groups excluding carboxylic acids is 1. The molecule has 6 nitrogen and oxygen atoms in total. The first-order chi connectivity index (χ1) is 14.1. The molecule has 0 unspecified atom stereocenters. The number of rotatable bonds is 6. The number of aromatic nitrogens is 2. The maximum atomic E-state index is 13.4. The number of para-hydroxylation sites is 2. The first kappa shape index (κ1) is 21.9. The van der Waals surface area contributed by atoms with Gasteiger partial charge in [-0.15, -0.1) is 0 Å². The van der Waals surface area contributed by atoms with Crippen LogP contribution in [0.25, 0.3) is 11.0 Å². The fraction of sp³-hybridized carbons (Fsp3) is 0.211. The maximum Gasteiger partial charge on any atom is 0.449 e. The summed E-state index contributed by atoms with van der Waals surface area (Å²) in [7, 11) is 0. The number of amides is 1. The minimum atomic E-state index is -4.79. The Kier molecular flexibility index (Phi) is 6.23. The van der Waals surface area contributed by atoms with Gasteiger partial charge in [-0.3, -0.25) is 9.59 Å². The molecule has 1 amide bonds. The lowest BCUT2D eigenvalue weighted by Crippen LogP contribution is -2.38. The molecule has 0 atom stereocenters. The van der Waals surface area contributed by atoms with E-state index in [0.29, 0.717) is 5.56 Å².